The highest BCUT2D eigenvalue weighted by Gasteiger charge is 2.28. The van der Waals surface area contributed by atoms with Gasteiger partial charge in [0, 0.05) is 45.0 Å². The topological polar surface area (TPSA) is 108 Å². The molecule has 0 spiro atoms. The molecule has 1 saturated heterocycles. The molecule has 10 heteroatoms. The first-order valence-electron chi connectivity index (χ1n) is 10.3. The summed E-state index contributed by atoms with van der Waals surface area (Å²) in [5.41, 5.74) is 1.50. The van der Waals surface area contributed by atoms with Crippen molar-refractivity contribution in [3.8, 4) is 5.75 Å². The summed E-state index contributed by atoms with van der Waals surface area (Å²) >= 11 is 0. The third-order valence-corrected chi connectivity index (χ3v) is 7.17. The van der Waals surface area contributed by atoms with Crippen molar-refractivity contribution in [3.63, 3.8) is 0 Å². The van der Waals surface area contributed by atoms with Gasteiger partial charge in [0.25, 0.3) is 0 Å². The molecule has 0 aromatic heterocycles. The largest absolute Gasteiger partial charge is 0.497 e. The van der Waals surface area contributed by atoms with Gasteiger partial charge in [-0.15, -0.1) is 0 Å². The summed E-state index contributed by atoms with van der Waals surface area (Å²) in [6, 6.07) is 13.5. The average Bonchev–Trinajstić information content (AvgIpc) is 2.80. The van der Waals surface area contributed by atoms with Crippen LogP contribution >= 0.6 is 0 Å². The summed E-state index contributed by atoms with van der Waals surface area (Å²) in [7, 11) is -1.96. The number of rotatable bonds is 7. The van der Waals surface area contributed by atoms with Gasteiger partial charge in [0.05, 0.1) is 12.0 Å². The molecule has 2 aromatic carbocycles. The van der Waals surface area contributed by atoms with E-state index in [0.29, 0.717) is 55.6 Å². The van der Waals surface area contributed by atoms with Crippen LogP contribution in [0.1, 0.15) is 5.56 Å². The number of carbonyl (C=O) groups excluding carboxylic acids is 2. The van der Waals surface area contributed by atoms with Gasteiger partial charge >= 0.3 is 11.8 Å². The number of hydrogen-bond acceptors (Lipinski definition) is 6. The Morgan fingerprint density at radius 2 is 1.56 bits per heavy atom. The molecule has 0 unspecified atom stereocenters. The number of nitrogens with zero attached hydrogens (tertiary/aromatic N) is 2. The van der Waals surface area contributed by atoms with Crippen LogP contribution in [0, 0.1) is 6.92 Å². The molecule has 1 aliphatic heterocycles. The molecule has 0 saturated carbocycles. The maximum Gasteiger partial charge on any atom is 0.313 e. The Labute approximate surface area is 188 Å². The summed E-state index contributed by atoms with van der Waals surface area (Å²) in [6.45, 7) is 4.60. The Morgan fingerprint density at radius 1 is 0.938 bits per heavy atom. The van der Waals surface area contributed by atoms with E-state index in [0.717, 1.165) is 5.56 Å². The Kier molecular flexibility index (Phi) is 7.84. The van der Waals surface area contributed by atoms with Crippen molar-refractivity contribution in [1.29, 1.82) is 0 Å². The lowest BCUT2D eigenvalue weighted by molar-refractivity contribution is -0.136. The predicted octanol–water partition coefficient (Wildman–Crippen LogP) is 1.06. The molecule has 1 aliphatic rings. The molecule has 3 rings (SSSR count). The Balaban J connectivity index is 1.40. The van der Waals surface area contributed by atoms with Crippen LogP contribution in [0.25, 0.3) is 0 Å². The number of piperazine rings is 1. The van der Waals surface area contributed by atoms with Gasteiger partial charge in [0.2, 0.25) is 10.0 Å². The fourth-order valence-corrected chi connectivity index (χ4v) is 4.75. The van der Waals surface area contributed by atoms with Crippen molar-refractivity contribution >= 4 is 27.5 Å². The van der Waals surface area contributed by atoms with Crippen LogP contribution in [0.3, 0.4) is 0 Å². The Bertz CT molecular complexity index is 1030. The minimum Gasteiger partial charge on any atom is -0.497 e. The zero-order chi connectivity index (χ0) is 23.1. The van der Waals surface area contributed by atoms with Gasteiger partial charge in [-0.3, -0.25) is 14.5 Å². The van der Waals surface area contributed by atoms with E-state index in [1.54, 1.807) is 55.6 Å². The first-order valence-corrected chi connectivity index (χ1v) is 11.8. The van der Waals surface area contributed by atoms with E-state index in [2.05, 4.69) is 15.5 Å². The van der Waals surface area contributed by atoms with Gasteiger partial charge in [-0.05, 0) is 43.3 Å². The monoisotopic (exact) mass is 460 g/mol. The maximum absolute atomic E-state index is 12.8. The second-order valence-corrected chi connectivity index (χ2v) is 9.44. The predicted molar refractivity (Wildman–Crippen MR) is 121 cm³/mol. The average molecular weight is 461 g/mol. The van der Waals surface area contributed by atoms with Crippen molar-refractivity contribution in [1.82, 2.24) is 14.5 Å². The molecule has 0 aliphatic carbocycles. The minimum absolute atomic E-state index is 0.291. The first-order chi connectivity index (χ1) is 15.3. The van der Waals surface area contributed by atoms with Crippen LogP contribution in [-0.4, -0.2) is 75.8 Å². The number of carbonyl (C=O) groups is 2. The van der Waals surface area contributed by atoms with Crippen molar-refractivity contribution in [2.45, 2.75) is 11.8 Å². The molecule has 2 aromatic rings. The summed E-state index contributed by atoms with van der Waals surface area (Å²) in [5.74, 6) is -0.815. The quantitative estimate of drug-likeness (QED) is 0.599. The lowest BCUT2D eigenvalue weighted by atomic mass is 10.2. The van der Waals surface area contributed by atoms with Crippen molar-refractivity contribution in [2.24, 2.45) is 0 Å². The minimum atomic E-state index is -3.51. The van der Waals surface area contributed by atoms with Crippen LogP contribution in [0.5, 0.6) is 5.75 Å². The molecule has 1 fully saturated rings. The maximum atomic E-state index is 12.8. The van der Waals surface area contributed by atoms with Gasteiger partial charge in [0.15, 0.2) is 0 Å². The fraction of sp³-hybridized carbons (Fsp3) is 0.364. The van der Waals surface area contributed by atoms with E-state index in [-0.39, 0.29) is 0 Å². The highest BCUT2D eigenvalue weighted by molar-refractivity contribution is 7.89. The molecular formula is C22H28N4O5S. The molecule has 2 N–H and O–H groups in total. The number of sulfonamides is 1. The van der Waals surface area contributed by atoms with Crippen molar-refractivity contribution in [2.75, 3.05) is 51.7 Å². The van der Waals surface area contributed by atoms with Gasteiger partial charge in [0.1, 0.15) is 5.75 Å². The summed E-state index contributed by atoms with van der Waals surface area (Å²) in [4.78, 5) is 26.4. The molecule has 0 bridgehead atoms. The summed E-state index contributed by atoms with van der Waals surface area (Å²) in [5, 5.41) is 5.13. The number of methoxy groups -OCH3 is 1. The molecule has 172 valence electrons. The number of nitrogens with one attached hydrogen (secondary N) is 2. The van der Waals surface area contributed by atoms with Gasteiger partial charge in [-0.25, -0.2) is 8.42 Å². The van der Waals surface area contributed by atoms with Crippen LogP contribution < -0.4 is 15.4 Å². The molecule has 0 atom stereocenters. The Hall–Kier alpha value is -2.95. The molecule has 9 nitrogen and oxygen atoms in total. The SMILES string of the molecule is COc1ccc(NC(=O)C(=O)NCCN2CCN(S(=O)(=O)c3ccc(C)cc3)CC2)cc1. The Morgan fingerprint density at radius 3 is 2.16 bits per heavy atom. The number of hydrogen-bond donors (Lipinski definition) is 2. The third kappa shape index (κ3) is 6.06. The lowest BCUT2D eigenvalue weighted by Crippen LogP contribution is -2.50. The molecular weight excluding hydrogens is 432 g/mol. The summed E-state index contributed by atoms with van der Waals surface area (Å²) in [6.07, 6.45) is 0. The second-order valence-electron chi connectivity index (χ2n) is 7.50. The number of ether oxygens (including phenoxy) is 1. The normalized spacial score (nSPS) is 15.2. The standard InChI is InChI=1S/C22H28N4O5S/c1-17-3-9-20(10-4-17)32(29,30)26-15-13-25(14-16-26)12-11-23-21(27)22(28)24-18-5-7-19(31-2)8-6-18/h3-10H,11-16H2,1-2H3,(H,23,27)(H,24,28). The van der Waals surface area contributed by atoms with E-state index in [1.165, 1.54) is 4.31 Å². The lowest BCUT2D eigenvalue weighted by Gasteiger charge is -2.33. The van der Waals surface area contributed by atoms with Crippen molar-refractivity contribution in [3.05, 3.63) is 54.1 Å². The van der Waals surface area contributed by atoms with E-state index in [4.69, 9.17) is 4.74 Å². The molecule has 1 heterocycles. The molecule has 32 heavy (non-hydrogen) atoms. The third-order valence-electron chi connectivity index (χ3n) is 5.26. The fourth-order valence-electron chi connectivity index (χ4n) is 3.32. The second kappa shape index (κ2) is 10.6. The first kappa shape index (κ1) is 23.7. The van der Waals surface area contributed by atoms with Crippen molar-refractivity contribution < 1.29 is 22.7 Å². The van der Waals surface area contributed by atoms with Crippen LogP contribution in [0.15, 0.2) is 53.4 Å². The summed E-state index contributed by atoms with van der Waals surface area (Å²) < 4.78 is 32.1. The van der Waals surface area contributed by atoms with Crippen LogP contribution in [0.2, 0.25) is 0 Å². The van der Waals surface area contributed by atoms with Gasteiger partial charge in [-0.2, -0.15) is 4.31 Å². The number of amides is 2. The number of benzene rings is 2. The highest BCUT2D eigenvalue weighted by atomic mass is 32.2. The molecule has 0 radical (unpaired) electrons. The van der Waals surface area contributed by atoms with E-state index < -0.39 is 21.8 Å². The van der Waals surface area contributed by atoms with E-state index in [9.17, 15) is 18.0 Å². The zero-order valence-electron chi connectivity index (χ0n) is 18.2. The highest BCUT2D eigenvalue weighted by Crippen LogP contribution is 2.18. The van der Waals surface area contributed by atoms with E-state index in [1.807, 2.05) is 6.92 Å². The molecule has 2 amide bonds. The van der Waals surface area contributed by atoms with Gasteiger partial charge in [-0.1, -0.05) is 17.7 Å². The van der Waals surface area contributed by atoms with Crippen LogP contribution in [0.4, 0.5) is 5.69 Å². The van der Waals surface area contributed by atoms with E-state index >= 15 is 0 Å². The zero-order valence-corrected chi connectivity index (χ0v) is 19.0. The smallest absolute Gasteiger partial charge is 0.313 e. The number of anilines is 1. The van der Waals surface area contributed by atoms with Crippen LogP contribution in [-0.2, 0) is 19.6 Å². The number of aryl methyl sites for hydroxylation is 1. The van der Waals surface area contributed by atoms with Gasteiger partial charge < -0.3 is 15.4 Å².